The second-order valence-electron chi connectivity index (χ2n) is 7.74. The fourth-order valence-electron chi connectivity index (χ4n) is 3.81. The molecule has 160 valence electrons. The molecule has 0 aliphatic heterocycles. The largest absolute Gasteiger partial charge is 0.392 e. The first-order valence-electron chi connectivity index (χ1n) is 10.3. The van der Waals surface area contributed by atoms with Crippen LogP contribution in [0.2, 0.25) is 0 Å². The SMILES string of the molecule is Cc1cn(-c2ccc(Nc3cccn4cc(Cc5ccc(F)cc5)nc34)cc2CO)cn1. The molecule has 0 spiro atoms. The minimum absolute atomic E-state index is 0.0858. The zero-order chi connectivity index (χ0) is 22.1. The maximum absolute atomic E-state index is 13.2. The Morgan fingerprint density at radius 1 is 1.06 bits per heavy atom. The first-order valence-corrected chi connectivity index (χ1v) is 10.3. The standard InChI is InChI=1S/C25H22FN5O/c1-17-13-31(16-27-17)24-9-8-21(12-19(24)15-32)28-23-3-2-10-30-14-22(29-25(23)30)11-18-4-6-20(26)7-5-18/h2-10,12-14,16,28,32H,11,15H2,1H3. The van der Waals surface area contributed by atoms with Gasteiger partial charge in [-0.1, -0.05) is 12.1 Å². The van der Waals surface area contributed by atoms with Gasteiger partial charge in [-0.25, -0.2) is 14.4 Å². The van der Waals surface area contributed by atoms with Crippen LogP contribution in [0.15, 0.2) is 79.5 Å². The number of rotatable bonds is 6. The number of aromatic nitrogens is 4. The highest BCUT2D eigenvalue weighted by Crippen LogP contribution is 2.26. The Labute approximate surface area is 184 Å². The first kappa shape index (κ1) is 20.0. The van der Waals surface area contributed by atoms with Crippen LogP contribution in [-0.4, -0.2) is 24.0 Å². The van der Waals surface area contributed by atoms with E-state index in [9.17, 15) is 9.50 Å². The summed E-state index contributed by atoms with van der Waals surface area (Å²) in [6.45, 7) is 1.85. The Bertz CT molecular complexity index is 1390. The lowest BCUT2D eigenvalue weighted by atomic mass is 10.1. The van der Waals surface area contributed by atoms with Gasteiger partial charge in [0.25, 0.3) is 0 Å². The fraction of sp³-hybridized carbons (Fsp3) is 0.120. The van der Waals surface area contributed by atoms with Crippen LogP contribution < -0.4 is 5.32 Å². The molecule has 0 aliphatic rings. The number of pyridine rings is 1. The molecule has 0 saturated heterocycles. The van der Waals surface area contributed by atoms with Crippen molar-refractivity contribution in [3.8, 4) is 5.69 Å². The van der Waals surface area contributed by atoms with Crippen LogP contribution in [0, 0.1) is 12.7 Å². The maximum Gasteiger partial charge on any atom is 0.160 e. The molecule has 3 heterocycles. The molecule has 7 heteroatoms. The second-order valence-corrected chi connectivity index (χ2v) is 7.74. The molecule has 0 aliphatic carbocycles. The smallest absolute Gasteiger partial charge is 0.160 e. The normalized spacial score (nSPS) is 11.2. The monoisotopic (exact) mass is 427 g/mol. The number of hydrogen-bond acceptors (Lipinski definition) is 4. The Morgan fingerprint density at radius 2 is 1.91 bits per heavy atom. The molecule has 0 bridgehead atoms. The van der Waals surface area contributed by atoms with Crippen LogP contribution in [0.25, 0.3) is 11.3 Å². The lowest BCUT2D eigenvalue weighted by Crippen LogP contribution is -2.00. The molecule has 0 atom stereocenters. The summed E-state index contributed by atoms with van der Waals surface area (Å²) in [7, 11) is 0. The third kappa shape index (κ3) is 3.98. The third-order valence-electron chi connectivity index (χ3n) is 5.35. The summed E-state index contributed by atoms with van der Waals surface area (Å²) < 4.78 is 17.1. The maximum atomic E-state index is 13.2. The molecule has 0 saturated carbocycles. The number of nitrogens with zero attached hydrogens (tertiary/aromatic N) is 4. The Hall–Kier alpha value is -3.97. The number of hydrogen-bond donors (Lipinski definition) is 2. The number of fused-ring (bicyclic) bond motifs is 1. The van der Waals surface area contributed by atoms with E-state index >= 15 is 0 Å². The zero-order valence-corrected chi connectivity index (χ0v) is 17.5. The minimum Gasteiger partial charge on any atom is -0.392 e. The van der Waals surface area contributed by atoms with Gasteiger partial charge in [-0.3, -0.25) is 0 Å². The number of imidazole rings is 2. The van der Waals surface area contributed by atoms with E-state index in [4.69, 9.17) is 4.98 Å². The zero-order valence-electron chi connectivity index (χ0n) is 17.5. The van der Waals surface area contributed by atoms with Crippen molar-refractivity contribution in [2.75, 3.05) is 5.32 Å². The molecule has 0 unspecified atom stereocenters. The van der Waals surface area contributed by atoms with Gasteiger partial charge in [0.15, 0.2) is 5.65 Å². The molecule has 5 rings (SSSR count). The first-order chi connectivity index (χ1) is 15.6. The summed E-state index contributed by atoms with van der Waals surface area (Å²) in [6, 6.07) is 16.3. The van der Waals surface area contributed by atoms with E-state index in [1.165, 1.54) is 12.1 Å². The van der Waals surface area contributed by atoms with E-state index < -0.39 is 0 Å². The second kappa shape index (κ2) is 8.28. The number of anilines is 2. The molecule has 0 amide bonds. The predicted molar refractivity (Wildman–Crippen MR) is 122 cm³/mol. The van der Waals surface area contributed by atoms with Crippen LogP contribution in [0.4, 0.5) is 15.8 Å². The highest BCUT2D eigenvalue weighted by atomic mass is 19.1. The molecule has 0 fully saturated rings. The summed E-state index contributed by atoms with van der Waals surface area (Å²) in [5.74, 6) is -0.244. The molecule has 6 nitrogen and oxygen atoms in total. The van der Waals surface area contributed by atoms with Crippen LogP contribution in [0.5, 0.6) is 0 Å². The van der Waals surface area contributed by atoms with E-state index in [0.717, 1.165) is 45.2 Å². The van der Waals surface area contributed by atoms with Gasteiger partial charge >= 0.3 is 0 Å². The van der Waals surface area contributed by atoms with Gasteiger partial charge in [0, 0.05) is 36.3 Å². The number of nitrogens with one attached hydrogen (secondary N) is 1. The van der Waals surface area contributed by atoms with E-state index in [0.29, 0.717) is 6.42 Å². The molecule has 32 heavy (non-hydrogen) atoms. The number of benzene rings is 2. The van der Waals surface area contributed by atoms with Gasteiger partial charge in [0.05, 0.1) is 35.7 Å². The van der Waals surface area contributed by atoms with Crippen molar-refractivity contribution in [3.63, 3.8) is 0 Å². The van der Waals surface area contributed by atoms with Crippen molar-refractivity contribution in [1.82, 2.24) is 18.9 Å². The Balaban J connectivity index is 1.43. The molecule has 2 aromatic carbocycles. The van der Waals surface area contributed by atoms with E-state index in [1.807, 2.05) is 64.8 Å². The predicted octanol–water partition coefficient (Wildman–Crippen LogP) is 4.79. The van der Waals surface area contributed by atoms with Crippen molar-refractivity contribution >= 4 is 17.0 Å². The molecule has 0 radical (unpaired) electrons. The van der Waals surface area contributed by atoms with Crippen molar-refractivity contribution in [2.24, 2.45) is 0 Å². The number of halogens is 1. The summed E-state index contributed by atoms with van der Waals surface area (Å²) in [4.78, 5) is 9.05. The summed E-state index contributed by atoms with van der Waals surface area (Å²) in [6.07, 6.45) is 8.22. The average molecular weight is 427 g/mol. The van der Waals surface area contributed by atoms with Gasteiger partial charge < -0.3 is 19.4 Å². The molecule has 2 N–H and O–H groups in total. The van der Waals surface area contributed by atoms with Crippen molar-refractivity contribution in [3.05, 3.63) is 108 Å². The van der Waals surface area contributed by atoms with Crippen LogP contribution in [0.1, 0.15) is 22.5 Å². The van der Waals surface area contributed by atoms with Gasteiger partial charge in [-0.15, -0.1) is 0 Å². The Kier molecular flexibility index (Phi) is 5.17. The molecular formula is C25H22FN5O. The average Bonchev–Trinajstić information content (AvgIpc) is 3.41. The summed E-state index contributed by atoms with van der Waals surface area (Å²) >= 11 is 0. The van der Waals surface area contributed by atoms with Gasteiger partial charge in [0.2, 0.25) is 0 Å². The van der Waals surface area contributed by atoms with Crippen molar-refractivity contribution in [1.29, 1.82) is 0 Å². The lowest BCUT2D eigenvalue weighted by molar-refractivity contribution is 0.281. The third-order valence-corrected chi connectivity index (χ3v) is 5.35. The number of aryl methyl sites for hydroxylation is 1. The van der Waals surface area contributed by atoms with Gasteiger partial charge in [0.1, 0.15) is 5.82 Å². The van der Waals surface area contributed by atoms with Crippen LogP contribution >= 0.6 is 0 Å². The summed E-state index contributed by atoms with van der Waals surface area (Å²) in [5, 5.41) is 13.3. The quantitative estimate of drug-likeness (QED) is 0.409. The minimum atomic E-state index is -0.244. The summed E-state index contributed by atoms with van der Waals surface area (Å²) in [5.41, 5.74) is 7.00. The van der Waals surface area contributed by atoms with Gasteiger partial charge in [-0.2, -0.15) is 0 Å². The molecule has 5 aromatic rings. The highest BCUT2D eigenvalue weighted by Gasteiger charge is 2.10. The van der Waals surface area contributed by atoms with E-state index in [-0.39, 0.29) is 12.4 Å². The molecular weight excluding hydrogens is 405 g/mol. The van der Waals surface area contributed by atoms with Gasteiger partial charge in [-0.05, 0) is 55.0 Å². The highest BCUT2D eigenvalue weighted by molar-refractivity contribution is 5.74. The fourth-order valence-corrected chi connectivity index (χ4v) is 3.81. The Morgan fingerprint density at radius 3 is 2.66 bits per heavy atom. The van der Waals surface area contributed by atoms with E-state index in [2.05, 4.69) is 10.3 Å². The van der Waals surface area contributed by atoms with Crippen molar-refractivity contribution < 1.29 is 9.50 Å². The number of aliphatic hydroxyl groups excluding tert-OH is 1. The van der Waals surface area contributed by atoms with Crippen molar-refractivity contribution in [2.45, 2.75) is 20.0 Å². The van der Waals surface area contributed by atoms with E-state index in [1.54, 1.807) is 18.5 Å². The topological polar surface area (TPSA) is 67.4 Å². The lowest BCUT2D eigenvalue weighted by Gasteiger charge is -2.13. The number of aliphatic hydroxyl groups is 1. The van der Waals surface area contributed by atoms with Crippen LogP contribution in [0.3, 0.4) is 0 Å². The molecule has 3 aromatic heterocycles. The van der Waals surface area contributed by atoms with Crippen LogP contribution in [-0.2, 0) is 13.0 Å².